The van der Waals surface area contributed by atoms with Crippen LogP contribution in [0.5, 0.6) is 0 Å². The van der Waals surface area contributed by atoms with E-state index in [1.807, 2.05) is 0 Å². The van der Waals surface area contributed by atoms with Crippen LogP contribution in [-0.2, 0) is 9.53 Å². The number of aliphatic imine (C=N–C) groups is 1. The van der Waals surface area contributed by atoms with Gasteiger partial charge in [-0.2, -0.15) is 0 Å². The van der Waals surface area contributed by atoms with Gasteiger partial charge in [0.2, 0.25) is 11.8 Å². The van der Waals surface area contributed by atoms with Crippen molar-refractivity contribution in [3.05, 3.63) is 0 Å². The number of carbonyl (C=O) groups excluding carboxylic acids is 1. The molecule has 2 heterocycles. The third kappa shape index (κ3) is 0.386. The van der Waals surface area contributed by atoms with Gasteiger partial charge in [0.15, 0.2) is 6.04 Å². The number of amides is 1. The summed E-state index contributed by atoms with van der Waals surface area (Å²) in [5.74, 6) is 0.667. The maximum absolute atomic E-state index is 10.5. The van der Waals surface area contributed by atoms with Gasteiger partial charge >= 0.3 is 0 Å². The van der Waals surface area contributed by atoms with Crippen molar-refractivity contribution in [1.29, 1.82) is 0 Å². The van der Waals surface area contributed by atoms with Crippen LogP contribution in [0.1, 0.15) is 0 Å². The Kier molecular flexibility index (Phi) is 0.670. The van der Waals surface area contributed by atoms with Crippen LogP contribution < -0.4 is 5.32 Å². The highest BCUT2D eigenvalue weighted by Gasteiger charge is 2.50. The van der Waals surface area contributed by atoms with Gasteiger partial charge in [0, 0.05) is 0 Å². The maximum Gasteiger partial charge on any atom is 0.248 e. The minimum absolute atomic E-state index is 0.0146. The molecule has 1 amide bonds. The first-order valence-corrected chi connectivity index (χ1v) is 2.75. The van der Waals surface area contributed by atoms with E-state index >= 15 is 0 Å². The molecular weight excluding hydrogens is 120 g/mol. The van der Waals surface area contributed by atoms with E-state index in [0.717, 1.165) is 0 Å². The molecule has 48 valence electrons. The van der Waals surface area contributed by atoms with E-state index in [-0.39, 0.29) is 18.0 Å². The molecule has 0 bridgehead atoms. The van der Waals surface area contributed by atoms with Crippen molar-refractivity contribution in [2.75, 3.05) is 7.11 Å². The summed E-state index contributed by atoms with van der Waals surface area (Å²) in [5, 5.41) is 2.65. The molecule has 2 rings (SSSR count). The number of ether oxygens (including phenoxy) is 1. The summed E-state index contributed by atoms with van der Waals surface area (Å²) in [6, 6.07) is -0.0255. The van der Waals surface area contributed by atoms with Crippen LogP contribution >= 0.6 is 0 Å². The zero-order valence-corrected chi connectivity index (χ0v) is 4.92. The maximum atomic E-state index is 10.5. The molecule has 2 unspecified atom stereocenters. The van der Waals surface area contributed by atoms with E-state index in [9.17, 15) is 4.79 Å². The van der Waals surface area contributed by atoms with Gasteiger partial charge < -0.3 is 10.1 Å². The summed E-state index contributed by atoms with van der Waals surface area (Å²) in [6.07, 6.45) is 0. The molecule has 2 aliphatic heterocycles. The molecule has 0 aromatic carbocycles. The van der Waals surface area contributed by atoms with Crippen LogP contribution in [0.4, 0.5) is 0 Å². The smallest absolute Gasteiger partial charge is 0.248 e. The lowest BCUT2D eigenvalue weighted by Crippen LogP contribution is -2.71. The molecule has 2 atom stereocenters. The summed E-state index contributed by atoms with van der Waals surface area (Å²) in [7, 11) is 1.56. The average molecular weight is 126 g/mol. The minimum atomic E-state index is -0.125. The second-order valence-electron chi connectivity index (χ2n) is 2.10. The van der Waals surface area contributed by atoms with Gasteiger partial charge in [-0.05, 0) is 0 Å². The van der Waals surface area contributed by atoms with Gasteiger partial charge in [0.1, 0.15) is 6.04 Å². The Morgan fingerprint density at radius 1 is 1.78 bits per heavy atom. The highest BCUT2D eigenvalue weighted by Crippen LogP contribution is 2.22. The highest BCUT2D eigenvalue weighted by molar-refractivity contribution is 6.08. The lowest BCUT2D eigenvalue weighted by Gasteiger charge is -2.40. The van der Waals surface area contributed by atoms with Gasteiger partial charge in [-0.25, -0.2) is 4.99 Å². The molecule has 0 aliphatic carbocycles. The standard InChI is InChI=1S/C5H6N2O2/c1-9-5-3-2(7-5)4(8)6-3/h2-3H,1H3,(H,6,8). The predicted molar refractivity (Wildman–Crippen MR) is 30.2 cm³/mol. The zero-order valence-electron chi connectivity index (χ0n) is 4.92. The number of nitrogens with one attached hydrogen (secondary N) is 1. The molecular formula is C5H6N2O2. The normalized spacial score (nSPS) is 37.0. The monoisotopic (exact) mass is 126 g/mol. The summed E-state index contributed by atoms with van der Waals surface area (Å²) < 4.78 is 4.80. The largest absolute Gasteiger partial charge is 0.483 e. The number of rotatable bonds is 0. The molecule has 0 spiro atoms. The average Bonchev–Trinajstić information content (AvgIpc) is 1.83. The molecule has 1 saturated heterocycles. The van der Waals surface area contributed by atoms with Gasteiger partial charge in [-0.15, -0.1) is 0 Å². The number of β-lactam (4-membered cyclic amide) rings is 1. The van der Waals surface area contributed by atoms with E-state index in [4.69, 9.17) is 4.74 Å². The van der Waals surface area contributed by atoms with Crippen molar-refractivity contribution in [2.24, 2.45) is 4.99 Å². The fraction of sp³-hybridized carbons (Fsp3) is 0.600. The van der Waals surface area contributed by atoms with E-state index in [1.165, 1.54) is 0 Å². The molecule has 0 aromatic heterocycles. The van der Waals surface area contributed by atoms with Gasteiger partial charge in [0.25, 0.3) is 0 Å². The molecule has 1 N–H and O–H groups in total. The van der Waals surface area contributed by atoms with E-state index in [0.29, 0.717) is 5.90 Å². The van der Waals surface area contributed by atoms with E-state index < -0.39 is 0 Å². The minimum Gasteiger partial charge on any atom is -0.483 e. The van der Waals surface area contributed by atoms with Crippen LogP contribution in [0.2, 0.25) is 0 Å². The van der Waals surface area contributed by atoms with Crippen molar-refractivity contribution < 1.29 is 9.53 Å². The first-order chi connectivity index (χ1) is 4.33. The van der Waals surface area contributed by atoms with Crippen molar-refractivity contribution in [2.45, 2.75) is 12.1 Å². The number of hydrogen-bond donors (Lipinski definition) is 1. The zero-order chi connectivity index (χ0) is 6.43. The second kappa shape index (κ2) is 1.26. The topological polar surface area (TPSA) is 50.7 Å². The number of fused-ring (bicyclic) bond motifs is 1. The molecule has 4 heteroatoms. The Morgan fingerprint density at radius 3 is 2.89 bits per heavy atom. The summed E-state index contributed by atoms with van der Waals surface area (Å²) in [4.78, 5) is 14.4. The van der Waals surface area contributed by atoms with Crippen LogP contribution in [0.15, 0.2) is 4.99 Å². The van der Waals surface area contributed by atoms with Gasteiger partial charge in [0.05, 0.1) is 7.11 Å². The van der Waals surface area contributed by atoms with E-state index in [1.54, 1.807) is 7.11 Å². The molecule has 9 heavy (non-hydrogen) atoms. The Bertz CT molecular complexity index is 199. The molecule has 1 fully saturated rings. The van der Waals surface area contributed by atoms with Gasteiger partial charge in [-0.3, -0.25) is 4.79 Å². The summed E-state index contributed by atoms with van der Waals surface area (Å²) in [6.45, 7) is 0. The Hall–Kier alpha value is -1.06. The van der Waals surface area contributed by atoms with Crippen LogP contribution in [0.25, 0.3) is 0 Å². The number of carbonyl (C=O) groups is 1. The first-order valence-electron chi connectivity index (χ1n) is 2.75. The van der Waals surface area contributed by atoms with Crippen molar-refractivity contribution >= 4 is 11.8 Å². The Balaban J connectivity index is 2.13. The lowest BCUT2D eigenvalue weighted by atomic mass is 9.94. The molecule has 0 radical (unpaired) electrons. The molecule has 4 nitrogen and oxygen atoms in total. The lowest BCUT2D eigenvalue weighted by molar-refractivity contribution is -0.130. The second-order valence-corrected chi connectivity index (χ2v) is 2.10. The third-order valence-corrected chi connectivity index (χ3v) is 1.62. The summed E-state index contributed by atoms with van der Waals surface area (Å²) in [5.41, 5.74) is 0. The Morgan fingerprint density at radius 2 is 2.56 bits per heavy atom. The van der Waals surface area contributed by atoms with E-state index in [2.05, 4.69) is 10.3 Å². The molecule has 0 saturated carbocycles. The van der Waals surface area contributed by atoms with Crippen LogP contribution in [0.3, 0.4) is 0 Å². The van der Waals surface area contributed by atoms with Crippen molar-refractivity contribution in [3.8, 4) is 0 Å². The number of hydrogen-bond acceptors (Lipinski definition) is 3. The summed E-state index contributed by atoms with van der Waals surface area (Å²) >= 11 is 0. The molecule has 2 aliphatic rings. The number of methoxy groups -OCH3 is 1. The Labute approximate surface area is 51.9 Å². The first kappa shape index (κ1) is 4.78. The van der Waals surface area contributed by atoms with Crippen molar-refractivity contribution in [1.82, 2.24) is 5.32 Å². The van der Waals surface area contributed by atoms with Crippen LogP contribution in [0, 0.1) is 0 Å². The molecule has 0 aromatic rings. The predicted octanol–water partition coefficient (Wildman–Crippen LogP) is -1.09. The van der Waals surface area contributed by atoms with Crippen LogP contribution in [-0.4, -0.2) is 31.0 Å². The fourth-order valence-electron chi connectivity index (χ4n) is 1.02. The highest BCUT2D eigenvalue weighted by atomic mass is 16.5. The fourth-order valence-corrected chi connectivity index (χ4v) is 1.02. The number of nitrogens with zero attached hydrogens (tertiary/aromatic N) is 1. The quantitative estimate of drug-likeness (QED) is 0.419. The van der Waals surface area contributed by atoms with Crippen molar-refractivity contribution in [3.63, 3.8) is 0 Å². The third-order valence-electron chi connectivity index (χ3n) is 1.62. The SMILES string of the molecule is COC1=NC2C(=O)NC12. The van der Waals surface area contributed by atoms with Gasteiger partial charge in [-0.1, -0.05) is 0 Å².